The summed E-state index contributed by atoms with van der Waals surface area (Å²) in [5.41, 5.74) is 1.38. The maximum atomic E-state index is 13.9. The maximum Gasteiger partial charge on any atom is 0.254 e. The van der Waals surface area contributed by atoms with Crippen molar-refractivity contribution in [2.75, 3.05) is 27.3 Å². The Morgan fingerprint density at radius 3 is 2.88 bits per heavy atom. The molecule has 1 atom stereocenters. The van der Waals surface area contributed by atoms with Crippen LogP contribution in [0.2, 0.25) is 0 Å². The van der Waals surface area contributed by atoms with Gasteiger partial charge in [-0.15, -0.1) is 0 Å². The normalized spacial score (nSPS) is 17.4. The zero-order valence-corrected chi connectivity index (χ0v) is 15.4. The van der Waals surface area contributed by atoms with Crippen LogP contribution in [-0.4, -0.2) is 47.7 Å². The summed E-state index contributed by atoms with van der Waals surface area (Å²) in [7, 11) is 3.05. The Hall–Kier alpha value is -2.41. The van der Waals surface area contributed by atoms with Gasteiger partial charge in [-0.3, -0.25) is 4.79 Å². The molecule has 6 nitrogen and oxygen atoms in total. The number of imidazole rings is 1. The fourth-order valence-corrected chi connectivity index (χ4v) is 3.56. The first-order valence-corrected chi connectivity index (χ1v) is 8.69. The third kappa shape index (κ3) is 3.58. The van der Waals surface area contributed by atoms with E-state index in [-0.39, 0.29) is 17.7 Å². The molecule has 1 amide bonds. The van der Waals surface area contributed by atoms with Crippen molar-refractivity contribution in [3.8, 4) is 5.75 Å². The summed E-state index contributed by atoms with van der Waals surface area (Å²) in [5.74, 6) is 0.304. The topological polar surface area (TPSA) is 56.6 Å². The number of carbonyl (C=O) groups is 1. The first-order chi connectivity index (χ1) is 12.5. The third-order valence-corrected chi connectivity index (χ3v) is 4.78. The Balaban J connectivity index is 1.79. The van der Waals surface area contributed by atoms with Crippen molar-refractivity contribution < 1.29 is 18.7 Å². The molecule has 0 spiro atoms. The third-order valence-electron chi connectivity index (χ3n) is 4.78. The van der Waals surface area contributed by atoms with Gasteiger partial charge in [0.2, 0.25) is 0 Å². The predicted octanol–water partition coefficient (Wildman–Crippen LogP) is 2.96. The first-order valence-electron chi connectivity index (χ1n) is 8.69. The Morgan fingerprint density at radius 1 is 1.38 bits per heavy atom. The standard InChI is InChI=1S/C19H24FN3O3/c1-13-10-21-18(12-25-2)23(13)15-5-4-8-22(11-15)19(24)14-6-7-17(26-3)16(20)9-14/h6-7,9-10,15H,4-5,8,11-12H2,1-3H3. The molecule has 1 aromatic heterocycles. The maximum absolute atomic E-state index is 13.9. The van der Waals surface area contributed by atoms with E-state index in [4.69, 9.17) is 9.47 Å². The molecule has 140 valence electrons. The highest BCUT2D eigenvalue weighted by Crippen LogP contribution is 2.27. The monoisotopic (exact) mass is 361 g/mol. The zero-order valence-electron chi connectivity index (χ0n) is 15.4. The molecular formula is C19H24FN3O3. The number of aryl methyl sites for hydroxylation is 1. The Labute approximate surface area is 152 Å². The van der Waals surface area contributed by atoms with Crippen LogP contribution in [-0.2, 0) is 11.3 Å². The van der Waals surface area contributed by atoms with Gasteiger partial charge < -0.3 is 18.9 Å². The van der Waals surface area contributed by atoms with E-state index in [9.17, 15) is 9.18 Å². The molecule has 0 N–H and O–H groups in total. The number of aromatic nitrogens is 2. The second kappa shape index (κ2) is 7.86. The lowest BCUT2D eigenvalue weighted by molar-refractivity contribution is 0.0672. The molecule has 1 unspecified atom stereocenters. The highest BCUT2D eigenvalue weighted by atomic mass is 19.1. The number of likely N-dealkylation sites (tertiary alicyclic amines) is 1. The molecule has 0 bridgehead atoms. The highest BCUT2D eigenvalue weighted by molar-refractivity contribution is 5.94. The molecule has 1 aromatic carbocycles. The van der Waals surface area contributed by atoms with E-state index in [1.54, 1.807) is 18.1 Å². The molecule has 0 radical (unpaired) electrons. The van der Waals surface area contributed by atoms with Crippen LogP contribution in [0.4, 0.5) is 4.39 Å². The molecule has 2 aromatic rings. The average Bonchev–Trinajstić information content (AvgIpc) is 3.02. The van der Waals surface area contributed by atoms with E-state index in [1.807, 2.05) is 13.1 Å². The summed E-state index contributed by atoms with van der Waals surface area (Å²) in [6.07, 6.45) is 3.68. The smallest absolute Gasteiger partial charge is 0.254 e. The summed E-state index contributed by atoms with van der Waals surface area (Å²) < 4.78 is 26.2. The minimum Gasteiger partial charge on any atom is -0.494 e. The highest BCUT2D eigenvalue weighted by Gasteiger charge is 2.28. The number of amides is 1. The minimum atomic E-state index is -0.528. The summed E-state index contributed by atoms with van der Waals surface area (Å²) in [6.45, 7) is 3.67. The molecule has 0 saturated carbocycles. The molecule has 7 heteroatoms. The molecule has 0 aliphatic carbocycles. The SMILES string of the molecule is COCc1ncc(C)n1C1CCCN(C(=O)c2ccc(OC)c(F)c2)C1. The van der Waals surface area contributed by atoms with Gasteiger partial charge in [0.15, 0.2) is 11.6 Å². The van der Waals surface area contributed by atoms with E-state index in [1.165, 1.54) is 19.2 Å². The first kappa shape index (κ1) is 18.4. The quantitative estimate of drug-likeness (QED) is 0.822. The van der Waals surface area contributed by atoms with Gasteiger partial charge in [0.25, 0.3) is 5.91 Å². The summed E-state index contributed by atoms with van der Waals surface area (Å²) >= 11 is 0. The van der Waals surface area contributed by atoms with Gasteiger partial charge in [0, 0.05) is 37.7 Å². The van der Waals surface area contributed by atoms with E-state index < -0.39 is 5.82 Å². The summed E-state index contributed by atoms with van der Waals surface area (Å²) in [6, 6.07) is 4.47. The van der Waals surface area contributed by atoms with Gasteiger partial charge >= 0.3 is 0 Å². The number of piperidine rings is 1. The van der Waals surface area contributed by atoms with Crippen LogP contribution in [0.1, 0.15) is 40.8 Å². The minimum absolute atomic E-state index is 0.135. The molecule has 3 rings (SSSR count). The second-order valence-electron chi connectivity index (χ2n) is 6.52. The molecule has 2 heterocycles. The van der Waals surface area contributed by atoms with E-state index in [2.05, 4.69) is 9.55 Å². The number of hydrogen-bond acceptors (Lipinski definition) is 4. The number of ether oxygens (including phenoxy) is 2. The van der Waals surface area contributed by atoms with Crippen molar-refractivity contribution >= 4 is 5.91 Å². The van der Waals surface area contributed by atoms with Crippen LogP contribution in [0.15, 0.2) is 24.4 Å². The lowest BCUT2D eigenvalue weighted by Gasteiger charge is -2.34. The molecule has 1 fully saturated rings. The van der Waals surface area contributed by atoms with Gasteiger partial charge in [0.05, 0.1) is 13.2 Å². The second-order valence-corrected chi connectivity index (χ2v) is 6.52. The summed E-state index contributed by atoms with van der Waals surface area (Å²) in [4.78, 5) is 19.0. The molecule has 1 aliphatic rings. The summed E-state index contributed by atoms with van der Waals surface area (Å²) in [5, 5.41) is 0. The van der Waals surface area contributed by atoms with E-state index >= 15 is 0 Å². The number of benzene rings is 1. The van der Waals surface area contributed by atoms with Crippen molar-refractivity contribution in [1.82, 2.24) is 14.5 Å². The van der Waals surface area contributed by atoms with Gasteiger partial charge in [-0.05, 0) is 38.0 Å². The van der Waals surface area contributed by atoms with Gasteiger partial charge in [-0.1, -0.05) is 0 Å². The van der Waals surface area contributed by atoms with Crippen LogP contribution in [0.25, 0.3) is 0 Å². The largest absolute Gasteiger partial charge is 0.494 e. The van der Waals surface area contributed by atoms with Crippen LogP contribution in [0.5, 0.6) is 5.75 Å². The number of nitrogens with zero attached hydrogens (tertiary/aromatic N) is 3. The van der Waals surface area contributed by atoms with E-state index in [0.29, 0.717) is 25.3 Å². The zero-order chi connectivity index (χ0) is 18.7. The van der Waals surface area contributed by atoms with Crippen molar-refractivity contribution in [3.63, 3.8) is 0 Å². The Morgan fingerprint density at radius 2 is 2.19 bits per heavy atom. The lowest BCUT2D eigenvalue weighted by Crippen LogP contribution is -2.41. The van der Waals surface area contributed by atoms with Crippen LogP contribution >= 0.6 is 0 Å². The van der Waals surface area contributed by atoms with Crippen LogP contribution in [0.3, 0.4) is 0 Å². The molecule has 1 saturated heterocycles. The van der Waals surface area contributed by atoms with Gasteiger partial charge in [-0.2, -0.15) is 0 Å². The average molecular weight is 361 g/mol. The number of halogens is 1. The van der Waals surface area contributed by atoms with Crippen molar-refractivity contribution in [2.24, 2.45) is 0 Å². The van der Waals surface area contributed by atoms with Gasteiger partial charge in [0.1, 0.15) is 12.4 Å². The van der Waals surface area contributed by atoms with Crippen LogP contribution in [0, 0.1) is 12.7 Å². The number of carbonyl (C=O) groups excluding carboxylic acids is 1. The van der Waals surface area contributed by atoms with Gasteiger partial charge in [-0.25, -0.2) is 9.37 Å². The molecular weight excluding hydrogens is 337 g/mol. The fraction of sp³-hybridized carbons (Fsp3) is 0.474. The van der Waals surface area contributed by atoms with Crippen molar-refractivity contribution in [3.05, 3.63) is 47.3 Å². The Kier molecular flexibility index (Phi) is 5.56. The molecule has 26 heavy (non-hydrogen) atoms. The van der Waals surface area contributed by atoms with E-state index in [0.717, 1.165) is 24.4 Å². The molecule has 1 aliphatic heterocycles. The van der Waals surface area contributed by atoms with Crippen LogP contribution < -0.4 is 4.74 Å². The fourth-order valence-electron chi connectivity index (χ4n) is 3.56. The Bertz CT molecular complexity index is 790. The predicted molar refractivity (Wildman–Crippen MR) is 94.8 cm³/mol. The number of methoxy groups -OCH3 is 2. The van der Waals surface area contributed by atoms with Crippen molar-refractivity contribution in [2.45, 2.75) is 32.4 Å². The number of rotatable bonds is 5. The number of hydrogen-bond donors (Lipinski definition) is 0. The lowest BCUT2D eigenvalue weighted by atomic mass is 10.0. The van der Waals surface area contributed by atoms with Crippen molar-refractivity contribution in [1.29, 1.82) is 0 Å².